The highest BCUT2D eigenvalue weighted by Crippen LogP contribution is 2.31. The Morgan fingerprint density at radius 3 is 2.47 bits per heavy atom. The number of nitro groups is 1. The minimum absolute atomic E-state index is 0.0692. The number of nitro benzene ring substituents is 1. The van der Waals surface area contributed by atoms with Crippen LogP contribution in [-0.4, -0.2) is 23.9 Å². The summed E-state index contributed by atoms with van der Waals surface area (Å²) in [5, 5.41) is 11.7. The fraction of sp³-hybridized carbons (Fsp3) is 0.0833. The van der Waals surface area contributed by atoms with Crippen LogP contribution >= 0.6 is 23.2 Å². The molecule has 0 radical (unpaired) electrons. The van der Waals surface area contributed by atoms with Gasteiger partial charge in [0.05, 0.1) is 22.1 Å². The van der Waals surface area contributed by atoms with E-state index < -0.39 is 10.9 Å². The fourth-order valence-corrected chi connectivity index (χ4v) is 3.42. The molecule has 1 heterocycles. The number of ether oxygens (including phenoxy) is 3. The first-order chi connectivity index (χ1) is 16.3. The van der Waals surface area contributed by atoms with E-state index >= 15 is 0 Å². The van der Waals surface area contributed by atoms with Crippen LogP contribution in [0.2, 0.25) is 10.0 Å². The Bertz CT molecular complexity index is 1340. The van der Waals surface area contributed by atoms with E-state index in [0.29, 0.717) is 32.7 Å². The molecular formula is C24H16Cl2N2O6. The SMILES string of the molecule is COc1cc(/C=C2\N=C(c3ccc([N+](=O)[O-])cc3)OC2=O)ccc1OCc1ccc(Cl)c(Cl)c1. The van der Waals surface area contributed by atoms with E-state index in [1.165, 1.54) is 31.4 Å². The maximum Gasteiger partial charge on any atom is 0.363 e. The van der Waals surface area contributed by atoms with Crippen LogP contribution in [0.1, 0.15) is 16.7 Å². The number of non-ortho nitro benzene ring substituents is 1. The Kier molecular flexibility index (Phi) is 6.81. The molecule has 0 saturated heterocycles. The van der Waals surface area contributed by atoms with Gasteiger partial charge in [0.1, 0.15) is 6.61 Å². The molecule has 3 aromatic carbocycles. The van der Waals surface area contributed by atoms with Gasteiger partial charge in [-0.05, 0) is 53.6 Å². The van der Waals surface area contributed by atoms with Crippen LogP contribution in [0.4, 0.5) is 5.69 Å². The first-order valence-electron chi connectivity index (χ1n) is 9.86. The van der Waals surface area contributed by atoms with Crippen molar-refractivity contribution in [3.8, 4) is 11.5 Å². The van der Waals surface area contributed by atoms with E-state index in [1.54, 1.807) is 36.4 Å². The molecule has 0 aromatic heterocycles. The van der Waals surface area contributed by atoms with Crippen LogP contribution < -0.4 is 9.47 Å². The Labute approximate surface area is 204 Å². The van der Waals surface area contributed by atoms with E-state index in [2.05, 4.69) is 4.99 Å². The standard InChI is InChI=1S/C24H16Cl2N2O6/c1-32-22-12-14(3-9-21(22)33-13-15-2-8-18(25)19(26)10-15)11-20-24(29)34-23(27-20)16-4-6-17(7-5-16)28(30)31/h2-12H,13H2,1H3/b20-11-. The first kappa shape index (κ1) is 23.3. The molecule has 3 aromatic rings. The Morgan fingerprint density at radius 2 is 1.79 bits per heavy atom. The molecule has 4 rings (SSSR count). The minimum Gasteiger partial charge on any atom is -0.493 e. The molecule has 0 N–H and O–H groups in total. The Balaban J connectivity index is 1.52. The summed E-state index contributed by atoms with van der Waals surface area (Å²) in [4.78, 5) is 26.8. The average molecular weight is 499 g/mol. The molecule has 0 aliphatic carbocycles. The third kappa shape index (κ3) is 5.19. The molecule has 8 nitrogen and oxygen atoms in total. The van der Waals surface area contributed by atoms with Crippen LogP contribution in [0.15, 0.2) is 71.4 Å². The second-order valence-electron chi connectivity index (χ2n) is 7.09. The van der Waals surface area contributed by atoms with Crippen molar-refractivity contribution >= 4 is 46.8 Å². The summed E-state index contributed by atoms with van der Waals surface area (Å²) in [5.41, 5.74) is 1.94. The van der Waals surface area contributed by atoms with Crippen molar-refractivity contribution in [2.24, 2.45) is 4.99 Å². The molecule has 34 heavy (non-hydrogen) atoms. The fourth-order valence-electron chi connectivity index (χ4n) is 3.10. The summed E-state index contributed by atoms with van der Waals surface area (Å²) in [6, 6.07) is 15.9. The zero-order valence-corrected chi connectivity index (χ0v) is 19.2. The number of carbonyl (C=O) groups is 1. The number of methoxy groups -OCH3 is 1. The molecule has 1 aliphatic rings. The van der Waals surface area contributed by atoms with Crippen molar-refractivity contribution in [1.82, 2.24) is 0 Å². The number of cyclic esters (lactones) is 1. The molecule has 0 amide bonds. The highest BCUT2D eigenvalue weighted by Gasteiger charge is 2.24. The van der Waals surface area contributed by atoms with E-state index in [1.807, 2.05) is 6.07 Å². The number of nitrogens with zero attached hydrogens (tertiary/aromatic N) is 2. The Morgan fingerprint density at radius 1 is 1.03 bits per heavy atom. The zero-order valence-electron chi connectivity index (χ0n) is 17.7. The normalized spacial score (nSPS) is 14.0. The maximum atomic E-state index is 12.3. The number of rotatable bonds is 7. The minimum atomic E-state index is -0.632. The highest BCUT2D eigenvalue weighted by molar-refractivity contribution is 6.42. The van der Waals surface area contributed by atoms with Gasteiger partial charge >= 0.3 is 5.97 Å². The summed E-state index contributed by atoms with van der Waals surface area (Å²) in [6.07, 6.45) is 1.55. The summed E-state index contributed by atoms with van der Waals surface area (Å²) >= 11 is 12.0. The molecule has 0 fully saturated rings. The lowest BCUT2D eigenvalue weighted by atomic mass is 10.1. The van der Waals surface area contributed by atoms with Gasteiger partial charge in [0.2, 0.25) is 5.90 Å². The van der Waals surface area contributed by atoms with Gasteiger partial charge in [-0.25, -0.2) is 9.79 Å². The second kappa shape index (κ2) is 9.94. The van der Waals surface area contributed by atoms with Crippen molar-refractivity contribution in [3.63, 3.8) is 0 Å². The first-order valence-corrected chi connectivity index (χ1v) is 10.6. The van der Waals surface area contributed by atoms with Crippen molar-refractivity contribution < 1.29 is 23.9 Å². The predicted octanol–water partition coefficient (Wildman–Crippen LogP) is 5.83. The van der Waals surface area contributed by atoms with Crippen molar-refractivity contribution in [1.29, 1.82) is 0 Å². The van der Waals surface area contributed by atoms with E-state index in [0.717, 1.165) is 5.56 Å². The van der Waals surface area contributed by atoms with Gasteiger partial charge in [-0.1, -0.05) is 35.3 Å². The van der Waals surface area contributed by atoms with E-state index in [9.17, 15) is 14.9 Å². The number of halogens is 2. The van der Waals surface area contributed by atoms with Gasteiger partial charge in [0, 0.05) is 17.7 Å². The van der Waals surface area contributed by atoms with Gasteiger partial charge < -0.3 is 14.2 Å². The quantitative estimate of drug-likeness (QED) is 0.175. The summed E-state index contributed by atoms with van der Waals surface area (Å²) in [6.45, 7) is 0.253. The lowest BCUT2D eigenvalue weighted by Gasteiger charge is -2.12. The topological polar surface area (TPSA) is 100 Å². The summed E-state index contributed by atoms with van der Waals surface area (Å²) < 4.78 is 16.5. The molecule has 172 valence electrons. The highest BCUT2D eigenvalue weighted by atomic mass is 35.5. The van der Waals surface area contributed by atoms with Gasteiger partial charge in [-0.3, -0.25) is 10.1 Å². The largest absolute Gasteiger partial charge is 0.493 e. The number of hydrogen-bond acceptors (Lipinski definition) is 7. The molecular weight excluding hydrogens is 483 g/mol. The summed E-state index contributed by atoms with van der Waals surface area (Å²) in [5.74, 6) is 0.395. The number of hydrogen-bond donors (Lipinski definition) is 0. The van der Waals surface area contributed by atoms with Gasteiger partial charge in [-0.2, -0.15) is 0 Å². The number of carbonyl (C=O) groups excluding carboxylic acids is 1. The number of benzene rings is 3. The van der Waals surface area contributed by atoms with Crippen LogP contribution in [0.3, 0.4) is 0 Å². The lowest BCUT2D eigenvalue weighted by molar-refractivity contribution is -0.384. The van der Waals surface area contributed by atoms with Crippen molar-refractivity contribution in [3.05, 3.63) is 103 Å². The average Bonchev–Trinajstić information content (AvgIpc) is 3.20. The third-order valence-electron chi connectivity index (χ3n) is 4.81. The van der Waals surface area contributed by atoms with Crippen LogP contribution in [0.5, 0.6) is 11.5 Å². The number of esters is 1. The van der Waals surface area contributed by atoms with Crippen molar-refractivity contribution in [2.45, 2.75) is 6.61 Å². The van der Waals surface area contributed by atoms with Crippen LogP contribution in [-0.2, 0) is 16.1 Å². The predicted molar refractivity (Wildman–Crippen MR) is 127 cm³/mol. The molecule has 10 heteroatoms. The third-order valence-corrected chi connectivity index (χ3v) is 5.55. The molecule has 0 spiro atoms. The number of aliphatic imine (C=N–C) groups is 1. The van der Waals surface area contributed by atoms with Crippen LogP contribution in [0, 0.1) is 10.1 Å². The van der Waals surface area contributed by atoms with Crippen LogP contribution in [0.25, 0.3) is 6.08 Å². The molecule has 0 atom stereocenters. The van der Waals surface area contributed by atoms with Crippen molar-refractivity contribution in [2.75, 3.05) is 7.11 Å². The maximum absolute atomic E-state index is 12.3. The molecule has 1 aliphatic heterocycles. The molecule has 0 unspecified atom stereocenters. The molecule has 0 saturated carbocycles. The lowest BCUT2D eigenvalue weighted by Crippen LogP contribution is -2.05. The monoisotopic (exact) mass is 498 g/mol. The van der Waals surface area contributed by atoms with E-state index in [4.69, 9.17) is 37.4 Å². The smallest absolute Gasteiger partial charge is 0.363 e. The molecule has 0 bridgehead atoms. The van der Waals surface area contributed by atoms with Gasteiger partial charge in [0.25, 0.3) is 5.69 Å². The van der Waals surface area contributed by atoms with E-state index in [-0.39, 0.29) is 23.9 Å². The van der Waals surface area contributed by atoms with Gasteiger partial charge in [-0.15, -0.1) is 0 Å². The zero-order chi connectivity index (χ0) is 24.2. The van der Waals surface area contributed by atoms with Gasteiger partial charge in [0.15, 0.2) is 17.2 Å². The second-order valence-corrected chi connectivity index (χ2v) is 7.90. The Hall–Kier alpha value is -3.88. The summed E-state index contributed by atoms with van der Waals surface area (Å²) in [7, 11) is 1.51.